The Morgan fingerprint density at radius 3 is 2.90 bits per heavy atom. The van der Waals surface area contributed by atoms with Crippen LogP contribution in [0.5, 0.6) is 0 Å². The van der Waals surface area contributed by atoms with Crippen molar-refractivity contribution < 1.29 is 9.90 Å². The molecule has 0 bridgehead atoms. The van der Waals surface area contributed by atoms with Crippen molar-refractivity contribution in [2.45, 2.75) is 6.42 Å². The molecule has 0 unspecified atom stereocenters. The van der Waals surface area contributed by atoms with Crippen molar-refractivity contribution in [1.82, 2.24) is 9.61 Å². The zero-order valence-corrected chi connectivity index (χ0v) is 11.0. The highest BCUT2D eigenvalue weighted by Crippen LogP contribution is 2.25. The van der Waals surface area contributed by atoms with Crippen LogP contribution in [-0.2, 0) is 11.2 Å². The molecule has 0 amide bonds. The highest BCUT2D eigenvalue weighted by atomic mass is 16.4. The Bertz CT molecular complexity index is 875. The molecule has 0 fully saturated rings. The zero-order valence-electron chi connectivity index (χ0n) is 11.0. The van der Waals surface area contributed by atoms with E-state index in [9.17, 15) is 10.1 Å². The fourth-order valence-corrected chi connectivity index (χ4v) is 2.33. The molecule has 0 aliphatic heterocycles. The molecule has 102 valence electrons. The standard InChI is InChI=1S/C16H11N3O2/c17-9-12-3-1-2-4-14(12)11-5-6-19-15(7-11)13(10-18-19)8-16(20)21/h1-7,10H,8H2,(H,20,21). The van der Waals surface area contributed by atoms with E-state index >= 15 is 0 Å². The Hall–Kier alpha value is -3.13. The van der Waals surface area contributed by atoms with Crippen LogP contribution >= 0.6 is 0 Å². The highest BCUT2D eigenvalue weighted by Gasteiger charge is 2.10. The maximum atomic E-state index is 10.9. The molecule has 0 saturated heterocycles. The van der Waals surface area contributed by atoms with Gasteiger partial charge in [0.25, 0.3) is 0 Å². The second kappa shape index (κ2) is 5.10. The van der Waals surface area contributed by atoms with Crippen molar-refractivity contribution in [3.05, 3.63) is 59.9 Å². The molecule has 0 aliphatic carbocycles. The van der Waals surface area contributed by atoms with Crippen LogP contribution in [0.3, 0.4) is 0 Å². The summed E-state index contributed by atoms with van der Waals surface area (Å²) in [4.78, 5) is 10.9. The minimum atomic E-state index is -0.896. The van der Waals surface area contributed by atoms with Gasteiger partial charge in [0.15, 0.2) is 0 Å². The van der Waals surface area contributed by atoms with Gasteiger partial charge in [-0.25, -0.2) is 4.52 Å². The molecule has 1 aromatic carbocycles. The molecule has 2 heterocycles. The minimum Gasteiger partial charge on any atom is -0.481 e. The summed E-state index contributed by atoms with van der Waals surface area (Å²) in [6.07, 6.45) is 3.25. The van der Waals surface area contributed by atoms with Crippen LogP contribution in [0.1, 0.15) is 11.1 Å². The van der Waals surface area contributed by atoms with Gasteiger partial charge >= 0.3 is 5.97 Å². The molecule has 5 heteroatoms. The molecule has 2 aromatic heterocycles. The number of nitriles is 1. The summed E-state index contributed by atoms with van der Waals surface area (Å²) in [5.74, 6) is -0.896. The molecular formula is C16H11N3O2. The van der Waals surface area contributed by atoms with Gasteiger partial charge in [-0.15, -0.1) is 0 Å². The van der Waals surface area contributed by atoms with Crippen LogP contribution in [-0.4, -0.2) is 20.7 Å². The number of rotatable bonds is 3. The summed E-state index contributed by atoms with van der Waals surface area (Å²) < 4.78 is 1.64. The first-order valence-corrected chi connectivity index (χ1v) is 6.36. The fourth-order valence-electron chi connectivity index (χ4n) is 2.33. The maximum Gasteiger partial charge on any atom is 0.307 e. The van der Waals surface area contributed by atoms with Crippen LogP contribution in [0.15, 0.2) is 48.8 Å². The van der Waals surface area contributed by atoms with Crippen molar-refractivity contribution in [3.63, 3.8) is 0 Å². The van der Waals surface area contributed by atoms with E-state index in [-0.39, 0.29) is 6.42 Å². The van der Waals surface area contributed by atoms with E-state index in [1.54, 1.807) is 23.0 Å². The van der Waals surface area contributed by atoms with E-state index in [4.69, 9.17) is 5.11 Å². The number of carboxylic acids is 1. The number of aromatic nitrogens is 2. The maximum absolute atomic E-state index is 10.9. The van der Waals surface area contributed by atoms with Crippen LogP contribution < -0.4 is 0 Å². The summed E-state index contributed by atoms with van der Waals surface area (Å²) in [5.41, 5.74) is 3.67. The van der Waals surface area contributed by atoms with Crippen molar-refractivity contribution in [1.29, 1.82) is 5.26 Å². The molecule has 3 rings (SSSR count). The van der Waals surface area contributed by atoms with Gasteiger partial charge in [0.2, 0.25) is 0 Å². The molecule has 1 N–H and O–H groups in total. The van der Waals surface area contributed by atoms with Gasteiger partial charge in [-0.05, 0) is 29.3 Å². The number of nitrogens with zero attached hydrogens (tertiary/aromatic N) is 3. The van der Waals surface area contributed by atoms with Crippen LogP contribution in [0, 0.1) is 11.3 Å². The van der Waals surface area contributed by atoms with Gasteiger partial charge in [-0.2, -0.15) is 10.4 Å². The molecule has 0 atom stereocenters. The summed E-state index contributed by atoms with van der Waals surface area (Å²) in [5, 5.41) is 22.3. The quantitative estimate of drug-likeness (QED) is 0.797. The third-order valence-electron chi connectivity index (χ3n) is 3.30. The Kier molecular flexibility index (Phi) is 3.13. The lowest BCUT2D eigenvalue weighted by atomic mass is 10.0. The SMILES string of the molecule is N#Cc1ccccc1-c1ccn2ncc(CC(=O)O)c2c1. The predicted octanol–water partition coefficient (Wildman–Crippen LogP) is 2.50. The number of fused-ring (bicyclic) bond motifs is 1. The normalized spacial score (nSPS) is 10.4. The molecule has 0 spiro atoms. The third-order valence-corrected chi connectivity index (χ3v) is 3.30. The number of hydrogen-bond donors (Lipinski definition) is 1. The Morgan fingerprint density at radius 2 is 2.14 bits per heavy atom. The molecule has 21 heavy (non-hydrogen) atoms. The van der Waals surface area contributed by atoms with Crippen molar-refractivity contribution >= 4 is 11.5 Å². The summed E-state index contributed by atoms with van der Waals surface area (Å²) in [6, 6.07) is 13.2. The summed E-state index contributed by atoms with van der Waals surface area (Å²) >= 11 is 0. The molecule has 0 aliphatic rings. The summed E-state index contributed by atoms with van der Waals surface area (Å²) in [6.45, 7) is 0. The number of carboxylic acid groups (broad SMARTS) is 1. The van der Waals surface area contributed by atoms with Gasteiger partial charge in [0.1, 0.15) is 0 Å². The number of carbonyl (C=O) groups is 1. The lowest BCUT2D eigenvalue weighted by Crippen LogP contribution is -1.99. The number of hydrogen-bond acceptors (Lipinski definition) is 3. The van der Waals surface area contributed by atoms with Crippen LogP contribution in [0.2, 0.25) is 0 Å². The smallest absolute Gasteiger partial charge is 0.307 e. The van der Waals surface area contributed by atoms with E-state index < -0.39 is 5.97 Å². The monoisotopic (exact) mass is 277 g/mol. The average Bonchev–Trinajstić information content (AvgIpc) is 2.89. The number of benzene rings is 1. The first-order chi connectivity index (χ1) is 10.2. The first kappa shape index (κ1) is 12.9. The second-order valence-corrected chi connectivity index (χ2v) is 4.64. The van der Waals surface area contributed by atoms with Gasteiger partial charge in [0, 0.05) is 11.8 Å². The first-order valence-electron chi connectivity index (χ1n) is 6.36. The fraction of sp³-hybridized carbons (Fsp3) is 0.0625. The highest BCUT2D eigenvalue weighted by molar-refractivity contribution is 5.78. The van der Waals surface area contributed by atoms with Gasteiger partial charge in [-0.3, -0.25) is 4.79 Å². The van der Waals surface area contributed by atoms with E-state index in [0.717, 1.165) is 16.6 Å². The lowest BCUT2D eigenvalue weighted by molar-refractivity contribution is -0.136. The Balaban J connectivity index is 2.16. The lowest BCUT2D eigenvalue weighted by Gasteiger charge is -2.05. The number of aliphatic carboxylic acids is 1. The van der Waals surface area contributed by atoms with Crippen molar-refractivity contribution in [2.24, 2.45) is 0 Å². The van der Waals surface area contributed by atoms with Crippen molar-refractivity contribution in [2.75, 3.05) is 0 Å². The topological polar surface area (TPSA) is 78.4 Å². The second-order valence-electron chi connectivity index (χ2n) is 4.64. The number of pyridine rings is 1. The van der Waals surface area contributed by atoms with Crippen molar-refractivity contribution in [3.8, 4) is 17.2 Å². The van der Waals surface area contributed by atoms with Crippen LogP contribution in [0.25, 0.3) is 16.6 Å². The molecule has 0 saturated carbocycles. The van der Waals surface area contributed by atoms with E-state index in [0.29, 0.717) is 11.1 Å². The van der Waals surface area contributed by atoms with Gasteiger partial charge in [-0.1, -0.05) is 18.2 Å². The van der Waals surface area contributed by atoms with Gasteiger partial charge in [0.05, 0.1) is 29.8 Å². The molecule has 0 radical (unpaired) electrons. The molecule has 5 nitrogen and oxygen atoms in total. The predicted molar refractivity (Wildman–Crippen MR) is 76.7 cm³/mol. The molecule has 3 aromatic rings. The van der Waals surface area contributed by atoms with Gasteiger partial charge < -0.3 is 5.11 Å². The van der Waals surface area contributed by atoms with E-state index in [1.807, 2.05) is 30.3 Å². The average molecular weight is 277 g/mol. The zero-order chi connectivity index (χ0) is 14.8. The Morgan fingerprint density at radius 1 is 1.33 bits per heavy atom. The Labute approximate surface area is 120 Å². The summed E-state index contributed by atoms with van der Waals surface area (Å²) in [7, 11) is 0. The van der Waals surface area contributed by atoms with E-state index in [2.05, 4.69) is 11.2 Å². The molecular weight excluding hydrogens is 266 g/mol. The van der Waals surface area contributed by atoms with E-state index in [1.165, 1.54) is 0 Å². The van der Waals surface area contributed by atoms with Crippen LogP contribution in [0.4, 0.5) is 0 Å². The minimum absolute atomic E-state index is 0.0765. The largest absolute Gasteiger partial charge is 0.481 e. The third kappa shape index (κ3) is 2.35.